The Kier molecular flexibility index (Phi) is 10.3. The lowest BCUT2D eigenvalue weighted by molar-refractivity contribution is -0.173. The Balaban J connectivity index is 1.81. The van der Waals surface area contributed by atoms with Gasteiger partial charge in [0.25, 0.3) is 10.1 Å². The summed E-state index contributed by atoms with van der Waals surface area (Å²) in [5, 5.41) is 0. The predicted octanol–water partition coefficient (Wildman–Crippen LogP) is 5.53. The molecule has 0 spiro atoms. The topological polar surface area (TPSA) is 96.0 Å². The van der Waals surface area contributed by atoms with Gasteiger partial charge in [0.15, 0.2) is 0 Å². The SMILES string of the molecule is CC(C)[C@H]1CC[C@H](C)C[C@@H]1OC(=O)[C@@H]1C=C[C@H](OS(C)(=O)=O)C[C@H]1C(=O)O[C@H]1C[C@@H](C)CC[C@@H]1C(C)C. The fraction of sp³-hybridized carbons (Fsp3) is 0.862. The van der Waals surface area contributed by atoms with Crippen LogP contribution in [0.3, 0.4) is 0 Å². The molecule has 0 bridgehead atoms. The van der Waals surface area contributed by atoms with E-state index in [1.807, 2.05) is 0 Å². The van der Waals surface area contributed by atoms with Crippen LogP contribution in [0.25, 0.3) is 0 Å². The zero-order valence-corrected chi connectivity index (χ0v) is 24.5. The lowest BCUT2D eigenvalue weighted by atomic mass is 9.75. The summed E-state index contributed by atoms with van der Waals surface area (Å²) in [5.41, 5.74) is 0. The molecule has 9 atom stereocenters. The first-order valence-electron chi connectivity index (χ1n) is 14.2. The van der Waals surface area contributed by atoms with Crippen molar-refractivity contribution in [2.24, 2.45) is 47.3 Å². The first-order chi connectivity index (χ1) is 17.2. The maximum absolute atomic E-state index is 13.6. The third-order valence-corrected chi connectivity index (χ3v) is 9.38. The summed E-state index contributed by atoms with van der Waals surface area (Å²) >= 11 is 0. The second-order valence-corrected chi connectivity index (χ2v) is 14.3. The number of esters is 2. The molecule has 0 N–H and O–H groups in total. The zero-order valence-electron chi connectivity index (χ0n) is 23.7. The standard InChI is InChI=1S/C29H48O7S/c1-17(2)22-11-8-19(5)14-26(22)34-28(30)24-13-10-21(36-37(7,32)33)16-25(24)29(31)35-27-15-20(6)9-12-23(27)18(3)4/h10,13,17-27H,8-9,11-12,14-16H2,1-7H3/t19-,20-,21-,22+,23+,24+,25+,26-,27-/m0/s1. The van der Waals surface area contributed by atoms with E-state index < -0.39 is 40.0 Å². The molecule has 0 radical (unpaired) electrons. The molecular weight excluding hydrogens is 492 g/mol. The number of rotatable bonds is 8. The average molecular weight is 541 g/mol. The summed E-state index contributed by atoms with van der Waals surface area (Å²) < 4.78 is 41.0. The molecule has 37 heavy (non-hydrogen) atoms. The van der Waals surface area contributed by atoms with E-state index in [1.165, 1.54) is 0 Å². The molecule has 3 aliphatic carbocycles. The van der Waals surface area contributed by atoms with Crippen LogP contribution >= 0.6 is 0 Å². The monoisotopic (exact) mass is 540 g/mol. The van der Waals surface area contributed by atoms with Crippen LogP contribution in [0.1, 0.15) is 86.5 Å². The van der Waals surface area contributed by atoms with Crippen LogP contribution in [0.4, 0.5) is 0 Å². The lowest BCUT2D eigenvalue weighted by Gasteiger charge is -2.39. The largest absolute Gasteiger partial charge is 0.462 e. The molecule has 212 valence electrons. The van der Waals surface area contributed by atoms with Crippen molar-refractivity contribution in [3.63, 3.8) is 0 Å². The Morgan fingerprint density at radius 2 is 1.24 bits per heavy atom. The number of hydrogen-bond donors (Lipinski definition) is 0. The van der Waals surface area contributed by atoms with E-state index in [0.29, 0.717) is 23.7 Å². The van der Waals surface area contributed by atoms with Crippen LogP contribution in [0, 0.1) is 47.3 Å². The molecule has 2 saturated carbocycles. The lowest BCUT2D eigenvalue weighted by Crippen LogP contribution is -2.43. The molecule has 7 nitrogen and oxygen atoms in total. The molecule has 3 aliphatic rings. The van der Waals surface area contributed by atoms with Gasteiger partial charge >= 0.3 is 11.9 Å². The quantitative estimate of drug-likeness (QED) is 0.227. The smallest absolute Gasteiger partial charge is 0.313 e. The molecule has 3 rings (SSSR count). The fourth-order valence-corrected chi connectivity index (χ4v) is 7.19. The van der Waals surface area contributed by atoms with Gasteiger partial charge in [0.1, 0.15) is 12.2 Å². The van der Waals surface area contributed by atoms with Crippen molar-refractivity contribution in [2.45, 2.75) is 105 Å². The number of carbonyl (C=O) groups excluding carboxylic acids is 2. The molecule has 8 heteroatoms. The second-order valence-electron chi connectivity index (χ2n) is 12.7. The van der Waals surface area contributed by atoms with Gasteiger partial charge in [-0.2, -0.15) is 8.42 Å². The minimum absolute atomic E-state index is 0.0610. The maximum atomic E-state index is 13.6. The van der Waals surface area contributed by atoms with Gasteiger partial charge in [0, 0.05) is 0 Å². The Hall–Kier alpha value is -1.41. The van der Waals surface area contributed by atoms with E-state index in [0.717, 1.165) is 44.8 Å². The van der Waals surface area contributed by atoms with Gasteiger partial charge in [-0.1, -0.05) is 66.5 Å². The van der Waals surface area contributed by atoms with Crippen molar-refractivity contribution in [1.29, 1.82) is 0 Å². The highest BCUT2D eigenvalue weighted by atomic mass is 32.2. The highest BCUT2D eigenvalue weighted by Crippen LogP contribution is 2.39. The summed E-state index contributed by atoms with van der Waals surface area (Å²) in [4.78, 5) is 27.1. The first-order valence-corrected chi connectivity index (χ1v) is 16.0. The molecule has 0 heterocycles. The average Bonchev–Trinajstić information content (AvgIpc) is 2.77. The zero-order chi connectivity index (χ0) is 27.5. The molecule has 2 fully saturated rings. The third-order valence-electron chi connectivity index (χ3n) is 8.78. The Morgan fingerprint density at radius 1 is 0.757 bits per heavy atom. The van der Waals surface area contributed by atoms with Gasteiger partial charge in [-0.25, -0.2) is 0 Å². The predicted molar refractivity (Wildman–Crippen MR) is 143 cm³/mol. The van der Waals surface area contributed by atoms with E-state index >= 15 is 0 Å². The van der Waals surface area contributed by atoms with Crippen molar-refractivity contribution < 1.29 is 31.7 Å². The van der Waals surface area contributed by atoms with E-state index in [-0.39, 0.29) is 30.5 Å². The van der Waals surface area contributed by atoms with Crippen LogP contribution in [0.15, 0.2) is 12.2 Å². The second kappa shape index (κ2) is 12.6. The van der Waals surface area contributed by atoms with Crippen molar-refractivity contribution >= 4 is 22.1 Å². The first kappa shape index (κ1) is 30.1. The van der Waals surface area contributed by atoms with Gasteiger partial charge in [-0.15, -0.1) is 0 Å². The fourth-order valence-electron chi connectivity index (χ4n) is 6.60. The molecule has 0 aromatic carbocycles. The van der Waals surface area contributed by atoms with Crippen LogP contribution < -0.4 is 0 Å². The minimum Gasteiger partial charge on any atom is -0.462 e. The van der Waals surface area contributed by atoms with E-state index in [9.17, 15) is 18.0 Å². The van der Waals surface area contributed by atoms with E-state index in [1.54, 1.807) is 12.2 Å². The van der Waals surface area contributed by atoms with Crippen LogP contribution in [0.5, 0.6) is 0 Å². The van der Waals surface area contributed by atoms with Crippen LogP contribution in [0.2, 0.25) is 0 Å². The number of hydrogen-bond acceptors (Lipinski definition) is 7. The van der Waals surface area contributed by atoms with Gasteiger partial charge < -0.3 is 9.47 Å². The summed E-state index contributed by atoms with van der Waals surface area (Å²) in [6, 6.07) is 0. The highest BCUT2D eigenvalue weighted by Gasteiger charge is 2.44. The van der Waals surface area contributed by atoms with Gasteiger partial charge in [-0.05, 0) is 67.6 Å². The summed E-state index contributed by atoms with van der Waals surface area (Å²) in [5.74, 6) is -0.316. The van der Waals surface area contributed by atoms with Crippen molar-refractivity contribution in [2.75, 3.05) is 6.26 Å². The number of carbonyl (C=O) groups is 2. The molecule has 0 aliphatic heterocycles. The normalized spacial score (nSPS) is 36.9. The summed E-state index contributed by atoms with van der Waals surface area (Å²) in [6.07, 6.45) is 8.86. The number of ether oxygens (including phenoxy) is 2. The van der Waals surface area contributed by atoms with Crippen molar-refractivity contribution in [3.8, 4) is 0 Å². The Labute approximate surface area is 224 Å². The summed E-state index contributed by atoms with van der Waals surface area (Å²) in [7, 11) is -3.73. The molecule has 0 aromatic heterocycles. The van der Waals surface area contributed by atoms with E-state index in [4.69, 9.17) is 13.7 Å². The minimum atomic E-state index is -3.73. The molecular formula is C29H48O7S. The molecule has 0 unspecified atom stereocenters. The maximum Gasteiger partial charge on any atom is 0.313 e. The van der Waals surface area contributed by atoms with Gasteiger partial charge in [-0.3, -0.25) is 13.8 Å². The molecule has 0 aromatic rings. The van der Waals surface area contributed by atoms with Gasteiger partial charge in [0.05, 0.1) is 24.2 Å². The highest BCUT2D eigenvalue weighted by molar-refractivity contribution is 7.86. The summed E-state index contributed by atoms with van der Waals surface area (Å²) in [6.45, 7) is 13.0. The third kappa shape index (κ3) is 8.29. The Morgan fingerprint density at radius 3 is 1.70 bits per heavy atom. The molecule has 0 amide bonds. The van der Waals surface area contributed by atoms with Crippen LogP contribution in [-0.2, 0) is 33.4 Å². The van der Waals surface area contributed by atoms with Crippen LogP contribution in [-0.4, -0.2) is 44.9 Å². The molecule has 0 saturated heterocycles. The van der Waals surface area contributed by atoms with Gasteiger partial charge in [0.2, 0.25) is 0 Å². The Bertz CT molecular complexity index is 925. The van der Waals surface area contributed by atoms with Crippen molar-refractivity contribution in [3.05, 3.63) is 12.2 Å². The van der Waals surface area contributed by atoms with Crippen molar-refractivity contribution in [1.82, 2.24) is 0 Å². The van der Waals surface area contributed by atoms with E-state index in [2.05, 4.69) is 41.5 Å².